The van der Waals surface area contributed by atoms with Crippen LogP contribution in [0.1, 0.15) is 44.9 Å². The van der Waals surface area contributed by atoms with E-state index in [9.17, 15) is 13.2 Å². The third-order valence-electron chi connectivity index (χ3n) is 6.53. The van der Waals surface area contributed by atoms with Crippen LogP contribution in [0.25, 0.3) is 0 Å². The standard InChI is InChI=1S/C16H25NO3S/c1-21(19,20)14-2-3-17(10-14)15(18)16-7-11-4-12(8-16)6-13(5-11)9-16/h11-14H,2-10H2,1H3/t11?,12?,13?,14-,16?/m0/s1. The topological polar surface area (TPSA) is 54.5 Å². The Kier molecular flexibility index (Phi) is 2.98. The number of amides is 1. The quantitative estimate of drug-likeness (QED) is 0.782. The summed E-state index contributed by atoms with van der Waals surface area (Å²) in [5, 5.41) is -0.338. The summed E-state index contributed by atoms with van der Waals surface area (Å²) in [6.45, 7) is 1.07. The van der Waals surface area contributed by atoms with Gasteiger partial charge in [0.05, 0.1) is 10.7 Å². The zero-order chi connectivity index (χ0) is 14.8. The van der Waals surface area contributed by atoms with Crippen molar-refractivity contribution in [2.24, 2.45) is 23.2 Å². The van der Waals surface area contributed by atoms with E-state index in [0.29, 0.717) is 19.5 Å². The number of hydrogen-bond acceptors (Lipinski definition) is 3. The van der Waals surface area contributed by atoms with E-state index in [1.54, 1.807) is 0 Å². The van der Waals surface area contributed by atoms with Crippen LogP contribution in [-0.2, 0) is 14.6 Å². The predicted octanol–water partition coefficient (Wildman–Crippen LogP) is 1.85. The highest BCUT2D eigenvalue weighted by Gasteiger charge is 2.56. The minimum atomic E-state index is -3.02. The molecule has 4 saturated carbocycles. The molecule has 5 rings (SSSR count). The van der Waals surface area contributed by atoms with Gasteiger partial charge in [0.15, 0.2) is 9.84 Å². The first-order valence-corrected chi connectivity index (χ1v) is 10.3. The molecule has 1 heterocycles. The van der Waals surface area contributed by atoms with E-state index in [-0.39, 0.29) is 16.6 Å². The Morgan fingerprint density at radius 3 is 2.00 bits per heavy atom. The van der Waals surface area contributed by atoms with Crippen LogP contribution in [0.3, 0.4) is 0 Å². The van der Waals surface area contributed by atoms with Crippen molar-refractivity contribution in [3.63, 3.8) is 0 Å². The first-order valence-electron chi connectivity index (χ1n) is 8.34. The van der Waals surface area contributed by atoms with Crippen molar-refractivity contribution in [1.82, 2.24) is 4.90 Å². The fourth-order valence-electron chi connectivity index (χ4n) is 5.97. The number of likely N-dealkylation sites (tertiary alicyclic amines) is 1. The monoisotopic (exact) mass is 311 g/mol. The summed E-state index contributed by atoms with van der Waals surface area (Å²) >= 11 is 0. The molecule has 118 valence electrons. The van der Waals surface area contributed by atoms with Crippen LogP contribution in [0.4, 0.5) is 0 Å². The average Bonchev–Trinajstić information content (AvgIpc) is 2.85. The molecule has 0 aromatic carbocycles. The molecule has 0 unspecified atom stereocenters. The second-order valence-electron chi connectivity index (χ2n) is 8.19. The Balaban J connectivity index is 1.53. The first-order chi connectivity index (χ1) is 9.86. The van der Waals surface area contributed by atoms with Crippen LogP contribution in [0.2, 0.25) is 0 Å². The van der Waals surface area contributed by atoms with E-state index in [4.69, 9.17) is 0 Å². The van der Waals surface area contributed by atoms with Crippen molar-refractivity contribution in [3.8, 4) is 0 Å². The van der Waals surface area contributed by atoms with E-state index in [1.165, 1.54) is 25.5 Å². The molecule has 0 N–H and O–H groups in total. The van der Waals surface area contributed by atoms with Crippen LogP contribution in [0, 0.1) is 23.2 Å². The molecule has 1 saturated heterocycles. The molecule has 0 aromatic heterocycles. The molecule has 5 fully saturated rings. The van der Waals surface area contributed by atoms with Gasteiger partial charge in [-0.2, -0.15) is 0 Å². The number of rotatable bonds is 2. The van der Waals surface area contributed by atoms with Crippen LogP contribution in [0.15, 0.2) is 0 Å². The molecular formula is C16H25NO3S. The summed E-state index contributed by atoms with van der Waals surface area (Å²) in [6.07, 6.45) is 9.12. The second kappa shape index (κ2) is 4.46. The third kappa shape index (κ3) is 2.23. The molecule has 0 radical (unpaired) electrons. The van der Waals surface area contributed by atoms with Crippen molar-refractivity contribution in [2.45, 2.75) is 50.2 Å². The zero-order valence-electron chi connectivity index (χ0n) is 12.8. The zero-order valence-corrected chi connectivity index (χ0v) is 13.6. The largest absolute Gasteiger partial charge is 0.341 e. The van der Waals surface area contributed by atoms with Crippen LogP contribution < -0.4 is 0 Å². The van der Waals surface area contributed by atoms with Gasteiger partial charge in [-0.15, -0.1) is 0 Å². The molecule has 4 nitrogen and oxygen atoms in total. The lowest BCUT2D eigenvalue weighted by Crippen LogP contribution is -2.54. The number of nitrogens with zero attached hydrogens (tertiary/aromatic N) is 1. The van der Waals surface area contributed by atoms with Crippen LogP contribution >= 0.6 is 0 Å². The van der Waals surface area contributed by atoms with Crippen LogP contribution in [0.5, 0.6) is 0 Å². The Morgan fingerprint density at radius 1 is 1.05 bits per heavy atom. The maximum absolute atomic E-state index is 13.1. The molecule has 0 spiro atoms. The van der Waals surface area contributed by atoms with E-state index < -0.39 is 9.84 Å². The summed E-state index contributed by atoms with van der Waals surface area (Å²) < 4.78 is 23.4. The number of carbonyl (C=O) groups is 1. The van der Waals surface area contributed by atoms with Crippen molar-refractivity contribution in [1.29, 1.82) is 0 Å². The molecule has 4 bridgehead atoms. The summed E-state index contributed by atoms with van der Waals surface area (Å²) in [5.41, 5.74) is -0.124. The number of carbonyl (C=O) groups excluding carboxylic acids is 1. The van der Waals surface area contributed by atoms with Gasteiger partial charge in [-0.3, -0.25) is 4.79 Å². The molecule has 5 heteroatoms. The third-order valence-corrected chi connectivity index (χ3v) is 8.13. The van der Waals surface area contributed by atoms with Gasteiger partial charge in [-0.25, -0.2) is 8.42 Å². The lowest BCUT2D eigenvalue weighted by atomic mass is 9.49. The maximum Gasteiger partial charge on any atom is 0.228 e. The van der Waals surface area contributed by atoms with E-state index in [1.807, 2.05) is 4.90 Å². The predicted molar refractivity (Wildman–Crippen MR) is 80.4 cm³/mol. The van der Waals surface area contributed by atoms with Gasteiger partial charge in [0.2, 0.25) is 5.91 Å². The molecule has 0 aromatic rings. The molecule has 1 amide bonds. The van der Waals surface area contributed by atoms with Crippen molar-refractivity contribution in [2.75, 3.05) is 19.3 Å². The fourth-order valence-corrected chi connectivity index (χ4v) is 6.95. The second-order valence-corrected chi connectivity index (χ2v) is 10.5. The fraction of sp³-hybridized carbons (Fsp3) is 0.938. The van der Waals surface area contributed by atoms with E-state index in [0.717, 1.165) is 37.0 Å². The molecular weight excluding hydrogens is 286 g/mol. The lowest BCUT2D eigenvalue weighted by molar-refractivity contribution is -0.156. The maximum atomic E-state index is 13.1. The summed E-state index contributed by atoms with van der Waals surface area (Å²) in [5.74, 6) is 2.56. The Morgan fingerprint density at radius 2 is 1.57 bits per heavy atom. The highest BCUT2D eigenvalue weighted by atomic mass is 32.2. The van der Waals surface area contributed by atoms with Gasteiger partial charge in [-0.1, -0.05) is 0 Å². The van der Waals surface area contributed by atoms with Crippen molar-refractivity contribution in [3.05, 3.63) is 0 Å². The summed E-state index contributed by atoms with van der Waals surface area (Å²) in [7, 11) is -3.02. The van der Waals surface area contributed by atoms with Crippen molar-refractivity contribution < 1.29 is 13.2 Å². The first kappa shape index (κ1) is 14.0. The normalized spacial score (nSPS) is 45.3. The minimum Gasteiger partial charge on any atom is -0.341 e. The molecule has 5 aliphatic rings. The number of hydrogen-bond donors (Lipinski definition) is 0. The SMILES string of the molecule is CS(=O)(=O)[C@H]1CCN(C(=O)C23CC4CC(CC(C4)C2)C3)C1. The summed E-state index contributed by atoms with van der Waals surface area (Å²) in [4.78, 5) is 15.0. The minimum absolute atomic E-state index is 0.124. The highest BCUT2D eigenvalue weighted by molar-refractivity contribution is 7.91. The van der Waals surface area contributed by atoms with Gasteiger partial charge in [-0.05, 0) is 62.7 Å². The Hall–Kier alpha value is -0.580. The summed E-state index contributed by atoms with van der Waals surface area (Å²) in [6, 6.07) is 0. The van der Waals surface area contributed by atoms with E-state index >= 15 is 0 Å². The molecule has 4 aliphatic carbocycles. The average molecular weight is 311 g/mol. The van der Waals surface area contributed by atoms with Crippen LogP contribution in [-0.4, -0.2) is 43.8 Å². The lowest BCUT2D eigenvalue weighted by Gasteiger charge is -2.56. The molecule has 21 heavy (non-hydrogen) atoms. The smallest absolute Gasteiger partial charge is 0.228 e. The molecule has 1 atom stereocenters. The van der Waals surface area contributed by atoms with Gasteiger partial charge < -0.3 is 4.90 Å². The Bertz CT molecular complexity index is 533. The van der Waals surface area contributed by atoms with Gasteiger partial charge in [0, 0.05) is 19.3 Å². The van der Waals surface area contributed by atoms with Gasteiger partial charge in [0.25, 0.3) is 0 Å². The van der Waals surface area contributed by atoms with Crippen molar-refractivity contribution >= 4 is 15.7 Å². The number of sulfone groups is 1. The Labute approximate surface area is 127 Å². The highest BCUT2D eigenvalue weighted by Crippen LogP contribution is 2.60. The van der Waals surface area contributed by atoms with E-state index in [2.05, 4.69) is 0 Å². The molecule has 1 aliphatic heterocycles. The van der Waals surface area contributed by atoms with Gasteiger partial charge >= 0.3 is 0 Å². The van der Waals surface area contributed by atoms with Gasteiger partial charge in [0.1, 0.15) is 0 Å².